The third-order valence-corrected chi connectivity index (χ3v) is 4.50. The second-order valence-electron chi connectivity index (χ2n) is 6.63. The van der Waals surface area contributed by atoms with E-state index in [2.05, 4.69) is 17.5 Å². The number of nitrogens with one attached hydrogen (secondary N) is 1. The van der Waals surface area contributed by atoms with Gasteiger partial charge in [-0.25, -0.2) is 5.43 Å². The summed E-state index contributed by atoms with van der Waals surface area (Å²) in [6.45, 7) is 2.58. The summed E-state index contributed by atoms with van der Waals surface area (Å²) in [4.78, 5) is 12.1. The van der Waals surface area contributed by atoms with Crippen LogP contribution in [0.1, 0.15) is 25.3 Å². The molecule has 0 unspecified atom stereocenters. The second-order valence-corrected chi connectivity index (χ2v) is 6.63. The summed E-state index contributed by atoms with van der Waals surface area (Å²) in [7, 11) is 1.55. The van der Waals surface area contributed by atoms with Gasteiger partial charge < -0.3 is 14.2 Å². The van der Waals surface area contributed by atoms with E-state index >= 15 is 0 Å². The molecule has 1 N–H and O–H groups in total. The first-order chi connectivity index (χ1) is 14.7. The lowest BCUT2D eigenvalue weighted by molar-refractivity contribution is -0.123. The highest BCUT2D eigenvalue weighted by atomic mass is 16.5. The molecule has 3 aromatic carbocycles. The number of rotatable bonds is 10. The number of para-hydroxylation sites is 2. The molecule has 0 aromatic heterocycles. The van der Waals surface area contributed by atoms with E-state index in [1.54, 1.807) is 25.5 Å². The van der Waals surface area contributed by atoms with E-state index in [1.165, 1.54) is 0 Å². The first-order valence-electron chi connectivity index (χ1n) is 9.95. The fraction of sp³-hybridized carbons (Fsp3) is 0.250. The van der Waals surface area contributed by atoms with Crippen LogP contribution in [0.4, 0.5) is 0 Å². The van der Waals surface area contributed by atoms with E-state index in [9.17, 15) is 4.79 Å². The van der Waals surface area contributed by atoms with E-state index < -0.39 is 0 Å². The largest absolute Gasteiger partial charge is 0.493 e. The summed E-state index contributed by atoms with van der Waals surface area (Å²) in [5, 5.41) is 6.21. The molecule has 0 bridgehead atoms. The number of amides is 1. The number of carbonyl (C=O) groups is 1. The van der Waals surface area contributed by atoms with Gasteiger partial charge in [-0.1, -0.05) is 55.8 Å². The third-order valence-electron chi connectivity index (χ3n) is 4.50. The fourth-order valence-corrected chi connectivity index (χ4v) is 2.94. The van der Waals surface area contributed by atoms with Crippen molar-refractivity contribution in [1.82, 2.24) is 5.43 Å². The van der Waals surface area contributed by atoms with E-state index in [4.69, 9.17) is 14.2 Å². The lowest BCUT2D eigenvalue weighted by Gasteiger charge is -2.11. The third kappa shape index (κ3) is 5.50. The second kappa shape index (κ2) is 10.9. The van der Waals surface area contributed by atoms with Gasteiger partial charge in [-0.05, 0) is 35.4 Å². The minimum atomic E-state index is -0.370. The van der Waals surface area contributed by atoms with Crippen LogP contribution in [0.2, 0.25) is 0 Å². The number of hydrogen-bond acceptors (Lipinski definition) is 5. The summed E-state index contributed by atoms with van der Waals surface area (Å²) in [5.74, 6) is 1.44. The standard InChI is InChI=1S/C24H26N2O4/c1-3-4-15-29-21-14-13-18-9-5-6-10-19(18)20(21)16-25-26-24(27)17-30-23-12-8-7-11-22(23)28-2/h5-14,16H,3-4,15,17H2,1-2H3,(H,26,27)/b25-16+. The smallest absolute Gasteiger partial charge is 0.277 e. The van der Waals surface area contributed by atoms with Gasteiger partial charge in [-0.15, -0.1) is 0 Å². The number of hydrazone groups is 1. The molecular weight excluding hydrogens is 380 g/mol. The van der Waals surface area contributed by atoms with Gasteiger partial charge in [0.2, 0.25) is 0 Å². The first-order valence-corrected chi connectivity index (χ1v) is 9.95. The van der Waals surface area contributed by atoms with Crippen molar-refractivity contribution in [2.24, 2.45) is 5.10 Å². The zero-order chi connectivity index (χ0) is 21.2. The van der Waals surface area contributed by atoms with E-state index in [1.807, 2.05) is 48.5 Å². The summed E-state index contributed by atoms with van der Waals surface area (Å²) in [6, 6.07) is 19.1. The molecule has 0 radical (unpaired) electrons. The molecule has 0 aliphatic carbocycles. The van der Waals surface area contributed by atoms with Gasteiger partial charge in [0.1, 0.15) is 5.75 Å². The molecule has 0 fully saturated rings. The number of benzene rings is 3. The monoisotopic (exact) mass is 406 g/mol. The van der Waals surface area contributed by atoms with Gasteiger partial charge in [0.25, 0.3) is 5.91 Å². The molecule has 1 amide bonds. The van der Waals surface area contributed by atoms with Crippen LogP contribution in [0.5, 0.6) is 17.2 Å². The van der Waals surface area contributed by atoms with Gasteiger partial charge >= 0.3 is 0 Å². The topological polar surface area (TPSA) is 69.2 Å². The van der Waals surface area contributed by atoms with Gasteiger partial charge in [-0.2, -0.15) is 5.10 Å². The van der Waals surface area contributed by atoms with Crippen molar-refractivity contribution in [3.05, 3.63) is 66.2 Å². The Hall–Kier alpha value is -3.54. The fourth-order valence-electron chi connectivity index (χ4n) is 2.94. The molecule has 0 aliphatic heterocycles. The highest BCUT2D eigenvalue weighted by molar-refractivity contribution is 6.02. The van der Waals surface area contributed by atoms with E-state index in [-0.39, 0.29) is 12.5 Å². The molecule has 0 heterocycles. The number of carbonyl (C=O) groups excluding carboxylic acids is 1. The van der Waals surface area contributed by atoms with Gasteiger partial charge in [0, 0.05) is 5.56 Å². The molecule has 0 atom stereocenters. The van der Waals surface area contributed by atoms with Crippen LogP contribution in [-0.2, 0) is 4.79 Å². The number of hydrogen-bond donors (Lipinski definition) is 1. The summed E-state index contributed by atoms with van der Waals surface area (Å²) in [5.41, 5.74) is 3.34. The van der Waals surface area contributed by atoms with Crippen molar-refractivity contribution in [1.29, 1.82) is 0 Å². The molecular formula is C24H26N2O4. The highest BCUT2D eigenvalue weighted by Gasteiger charge is 2.09. The lowest BCUT2D eigenvalue weighted by Crippen LogP contribution is -2.24. The van der Waals surface area contributed by atoms with Crippen molar-refractivity contribution in [2.75, 3.05) is 20.3 Å². The molecule has 6 nitrogen and oxygen atoms in total. The zero-order valence-corrected chi connectivity index (χ0v) is 17.3. The Morgan fingerprint density at radius 1 is 0.967 bits per heavy atom. The Balaban J connectivity index is 1.68. The van der Waals surface area contributed by atoms with Crippen LogP contribution in [-0.4, -0.2) is 32.4 Å². The van der Waals surface area contributed by atoms with Crippen molar-refractivity contribution in [3.63, 3.8) is 0 Å². The van der Waals surface area contributed by atoms with Crippen LogP contribution in [0.15, 0.2) is 65.8 Å². The number of unbranched alkanes of at least 4 members (excludes halogenated alkanes) is 1. The Labute approximate surface area is 176 Å². The molecule has 0 aliphatic rings. The maximum atomic E-state index is 12.1. The quantitative estimate of drug-likeness (QED) is 0.305. The van der Waals surface area contributed by atoms with Gasteiger partial charge in [-0.3, -0.25) is 4.79 Å². The maximum absolute atomic E-state index is 12.1. The lowest BCUT2D eigenvalue weighted by atomic mass is 10.0. The first kappa shape index (κ1) is 21.2. The Morgan fingerprint density at radius 2 is 1.73 bits per heavy atom. The minimum absolute atomic E-state index is 0.174. The molecule has 156 valence electrons. The van der Waals surface area contributed by atoms with Crippen LogP contribution >= 0.6 is 0 Å². The molecule has 30 heavy (non-hydrogen) atoms. The summed E-state index contributed by atoms with van der Waals surface area (Å²) in [6.07, 6.45) is 3.64. The molecule has 3 aromatic rings. The van der Waals surface area contributed by atoms with Crippen molar-refractivity contribution < 1.29 is 19.0 Å². The Morgan fingerprint density at radius 3 is 2.53 bits per heavy atom. The number of fused-ring (bicyclic) bond motifs is 1. The molecule has 6 heteroatoms. The Bertz CT molecular complexity index is 1020. The van der Waals surface area contributed by atoms with Crippen molar-refractivity contribution in [2.45, 2.75) is 19.8 Å². The van der Waals surface area contributed by atoms with E-state index in [0.29, 0.717) is 18.1 Å². The SMILES string of the molecule is CCCCOc1ccc2ccccc2c1/C=N/NC(=O)COc1ccccc1OC. The molecule has 0 saturated heterocycles. The normalized spacial score (nSPS) is 10.9. The van der Waals surface area contributed by atoms with Crippen LogP contribution in [0.25, 0.3) is 10.8 Å². The highest BCUT2D eigenvalue weighted by Crippen LogP contribution is 2.27. The predicted molar refractivity (Wildman–Crippen MR) is 119 cm³/mol. The number of ether oxygens (including phenoxy) is 3. The molecule has 3 rings (SSSR count). The zero-order valence-electron chi connectivity index (χ0n) is 17.3. The van der Waals surface area contributed by atoms with Crippen molar-refractivity contribution in [3.8, 4) is 17.2 Å². The summed E-state index contributed by atoms with van der Waals surface area (Å²) >= 11 is 0. The summed E-state index contributed by atoms with van der Waals surface area (Å²) < 4.78 is 16.7. The van der Waals surface area contributed by atoms with Crippen LogP contribution in [0, 0.1) is 0 Å². The minimum Gasteiger partial charge on any atom is -0.493 e. The van der Waals surface area contributed by atoms with Gasteiger partial charge in [0.15, 0.2) is 18.1 Å². The predicted octanol–water partition coefficient (Wildman–Crippen LogP) is 4.56. The molecule has 0 spiro atoms. The average Bonchev–Trinajstić information content (AvgIpc) is 2.79. The van der Waals surface area contributed by atoms with Crippen LogP contribution < -0.4 is 19.6 Å². The average molecular weight is 406 g/mol. The number of nitrogens with zero attached hydrogens (tertiary/aromatic N) is 1. The Kier molecular flexibility index (Phi) is 7.66. The number of methoxy groups -OCH3 is 1. The molecule has 0 saturated carbocycles. The van der Waals surface area contributed by atoms with E-state index in [0.717, 1.165) is 34.9 Å². The van der Waals surface area contributed by atoms with Crippen molar-refractivity contribution >= 4 is 22.9 Å². The van der Waals surface area contributed by atoms with Crippen LogP contribution in [0.3, 0.4) is 0 Å². The maximum Gasteiger partial charge on any atom is 0.277 e. The van der Waals surface area contributed by atoms with Gasteiger partial charge in [0.05, 0.1) is 19.9 Å².